The summed E-state index contributed by atoms with van der Waals surface area (Å²) in [4.78, 5) is 1.39. The van der Waals surface area contributed by atoms with Crippen LogP contribution in [-0.4, -0.2) is 38.0 Å². The highest BCUT2D eigenvalue weighted by Crippen LogP contribution is 2.15. The molecule has 0 saturated heterocycles. The molecule has 3 aromatic rings. The number of hydrogen-bond donors (Lipinski definition) is 1. The van der Waals surface area contributed by atoms with Gasteiger partial charge in [0, 0.05) is 5.56 Å². The van der Waals surface area contributed by atoms with Crippen molar-refractivity contribution in [2.75, 3.05) is 6.61 Å². The third-order valence-electron chi connectivity index (χ3n) is 3.91. The van der Waals surface area contributed by atoms with E-state index in [9.17, 15) is 5.11 Å². The zero-order chi connectivity index (χ0) is 17.6. The average Bonchev–Trinajstić information content (AvgIpc) is 3.09. The minimum atomic E-state index is -0.717. The quantitative estimate of drug-likeness (QED) is 0.717. The van der Waals surface area contributed by atoms with Crippen molar-refractivity contribution >= 4 is 0 Å². The molecule has 6 nitrogen and oxygen atoms in total. The highest BCUT2D eigenvalue weighted by Gasteiger charge is 2.11. The molecule has 0 saturated carbocycles. The van der Waals surface area contributed by atoms with Crippen LogP contribution in [0.2, 0.25) is 0 Å². The number of aliphatic hydroxyl groups is 1. The van der Waals surface area contributed by atoms with Gasteiger partial charge in [-0.05, 0) is 36.3 Å². The molecule has 0 bridgehead atoms. The number of aromatic nitrogens is 4. The van der Waals surface area contributed by atoms with Crippen molar-refractivity contribution in [1.29, 1.82) is 0 Å². The van der Waals surface area contributed by atoms with E-state index in [-0.39, 0.29) is 13.2 Å². The van der Waals surface area contributed by atoms with E-state index in [0.29, 0.717) is 5.82 Å². The topological polar surface area (TPSA) is 73.1 Å². The summed E-state index contributed by atoms with van der Waals surface area (Å²) in [5.74, 6) is 1.28. The molecule has 130 valence electrons. The van der Waals surface area contributed by atoms with Gasteiger partial charge in [-0.2, -0.15) is 4.80 Å². The summed E-state index contributed by atoms with van der Waals surface area (Å²) in [6.45, 7) is 4.54. The maximum atomic E-state index is 10.1. The van der Waals surface area contributed by atoms with Gasteiger partial charge in [0.05, 0.1) is 6.54 Å². The summed E-state index contributed by atoms with van der Waals surface area (Å²) in [6.07, 6.45) is 0.274. The first-order chi connectivity index (χ1) is 12.1. The van der Waals surface area contributed by atoms with Crippen LogP contribution in [0.15, 0.2) is 48.5 Å². The molecule has 0 radical (unpaired) electrons. The van der Waals surface area contributed by atoms with Gasteiger partial charge in [-0.1, -0.05) is 48.9 Å². The van der Waals surface area contributed by atoms with Crippen LogP contribution in [0.1, 0.15) is 18.1 Å². The van der Waals surface area contributed by atoms with Gasteiger partial charge in [0.1, 0.15) is 18.5 Å². The molecule has 0 aliphatic heterocycles. The number of rotatable bonds is 7. The van der Waals surface area contributed by atoms with E-state index in [0.717, 1.165) is 17.7 Å². The van der Waals surface area contributed by atoms with Crippen molar-refractivity contribution in [3.63, 3.8) is 0 Å². The van der Waals surface area contributed by atoms with Gasteiger partial charge in [-0.15, -0.1) is 10.2 Å². The summed E-state index contributed by atoms with van der Waals surface area (Å²) in [6, 6.07) is 15.8. The molecule has 1 unspecified atom stereocenters. The van der Waals surface area contributed by atoms with Gasteiger partial charge < -0.3 is 9.84 Å². The molecule has 2 aromatic carbocycles. The first kappa shape index (κ1) is 17.1. The summed E-state index contributed by atoms with van der Waals surface area (Å²) in [7, 11) is 0. The monoisotopic (exact) mass is 338 g/mol. The smallest absolute Gasteiger partial charge is 0.204 e. The Balaban J connectivity index is 1.54. The Labute approximate surface area is 147 Å². The van der Waals surface area contributed by atoms with Gasteiger partial charge in [-0.3, -0.25) is 0 Å². The summed E-state index contributed by atoms with van der Waals surface area (Å²) in [5.41, 5.74) is 3.33. The van der Waals surface area contributed by atoms with Crippen molar-refractivity contribution in [3.8, 4) is 17.1 Å². The molecule has 3 rings (SSSR count). The maximum absolute atomic E-state index is 10.1. The molecular formula is C19H22N4O2. The Morgan fingerprint density at radius 2 is 1.80 bits per heavy atom. The Morgan fingerprint density at radius 1 is 1.08 bits per heavy atom. The minimum absolute atomic E-state index is 0.173. The predicted molar refractivity (Wildman–Crippen MR) is 95.3 cm³/mol. The second kappa shape index (κ2) is 7.90. The average molecular weight is 338 g/mol. The molecule has 1 aromatic heterocycles. The van der Waals surface area contributed by atoms with E-state index >= 15 is 0 Å². The van der Waals surface area contributed by atoms with Crippen LogP contribution in [0, 0.1) is 6.92 Å². The fourth-order valence-corrected chi connectivity index (χ4v) is 2.39. The van der Waals surface area contributed by atoms with Gasteiger partial charge in [0.25, 0.3) is 0 Å². The molecule has 0 amide bonds. The molecule has 0 aliphatic carbocycles. The number of hydrogen-bond acceptors (Lipinski definition) is 5. The SMILES string of the molecule is CCc1ccc(OCC(O)Cn2nnc(-c3ccc(C)cc3)n2)cc1. The number of nitrogens with zero attached hydrogens (tertiary/aromatic N) is 4. The first-order valence-corrected chi connectivity index (χ1v) is 8.38. The van der Waals surface area contributed by atoms with Crippen LogP contribution in [0.25, 0.3) is 11.4 Å². The molecule has 1 heterocycles. The molecule has 0 aliphatic rings. The van der Waals surface area contributed by atoms with Crippen molar-refractivity contribution in [2.24, 2.45) is 0 Å². The Morgan fingerprint density at radius 3 is 2.48 bits per heavy atom. The predicted octanol–water partition coefficient (Wildman–Crippen LogP) is 2.65. The lowest BCUT2D eigenvalue weighted by atomic mass is 10.1. The molecule has 0 spiro atoms. The molecule has 25 heavy (non-hydrogen) atoms. The molecular weight excluding hydrogens is 316 g/mol. The van der Waals surface area contributed by atoms with Crippen LogP contribution in [-0.2, 0) is 13.0 Å². The van der Waals surface area contributed by atoms with Crippen molar-refractivity contribution in [1.82, 2.24) is 20.2 Å². The lowest BCUT2D eigenvalue weighted by Gasteiger charge is -2.11. The number of tetrazole rings is 1. The Hall–Kier alpha value is -2.73. The van der Waals surface area contributed by atoms with E-state index in [1.165, 1.54) is 15.9 Å². The van der Waals surface area contributed by atoms with Crippen LogP contribution in [0.5, 0.6) is 5.75 Å². The number of aliphatic hydroxyl groups excluding tert-OH is 1. The molecule has 1 N–H and O–H groups in total. The van der Waals surface area contributed by atoms with Crippen molar-refractivity contribution in [2.45, 2.75) is 32.9 Å². The van der Waals surface area contributed by atoms with E-state index in [1.54, 1.807) is 0 Å². The number of aryl methyl sites for hydroxylation is 2. The number of ether oxygens (including phenoxy) is 1. The standard InChI is InChI=1S/C19H22N4O2/c1-3-15-6-10-18(11-7-15)25-13-17(24)12-23-21-19(20-22-23)16-8-4-14(2)5-9-16/h4-11,17,24H,3,12-13H2,1-2H3. The van der Waals surface area contributed by atoms with E-state index in [4.69, 9.17) is 4.74 Å². The normalized spacial score (nSPS) is 12.1. The van der Waals surface area contributed by atoms with Gasteiger partial charge in [0.2, 0.25) is 5.82 Å². The highest BCUT2D eigenvalue weighted by molar-refractivity contribution is 5.53. The van der Waals surface area contributed by atoms with Gasteiger partial charge in [0.15, 0.2) is 0 Å². The summed E-state index contributed by atoms with van der Waals surface area (Å²) in [5, 5.41) is 22.5. The maximum Gasteiger partial charge on any atom is 0.204 e. The van der Waals surface area contributed by atoms with Crippen LogP contribution in [0.4, 0.5) is 0 Å². The third kappa shape index (κ3) is 4.64. The molecule has 6 heteroatoms. The minimum Gasteiger partial charge on any atom is -0.491 e. The largest absolute Gasteiger partial charge is 0.491 e. The van der Waals surface area contributed by atoms with E-state index < -0.39 is 6.10 Å². The van der Waals surface area contributed by atoms with Gasteiger partial charge in [-0.25, -0.2) is 0 Å². The van der Waals surface area contributed by atoms with Gasteiger partial charge >= 0.3 is 0 Å². The molecule has 0 fully saturated rings. The van der Waals surface area contributed by atoms with E-state index in [2.05, 4.69) is 22.3 Å². The van der Waals surface area contributed by atoms with Crippen molar-refractivity contribution in [3.05, 3.63) is 59.7 Å². The highest BCUT2D eigenvalue weighted by atomic mass is 16.5. The fraction of sp³-hybridized carbons (Fsp3) is 0.316. The third-order valence-corrected chi connectivity index (χ3v) is 3.91. The zero-order valence-electron chi connectivity index (χ0n) is 14.5. The Kier molecular flexibility index (Phi) is 5.40. The summed E-state index contributed by atoms with van der Waals surface area (Å²) < 4.78 is 5.60. The van der Waals surface area contributed by atoms with Crippen LogP contribution < -0.4 is 4.74 Å². The van der Waals surface area contributed by atoms with Crippen molar-refractivity contribution < 1.29 is 9.84 Å². The lowest BCUT2D eigenvalue weighted by molar-refractivity contribution is 0.0850. The van der Waals surface area contributed by atoms with E-state index in [1.807, 2.05) is 55.5 Å². The van der Waals surface area contributed by atoms with Crippen LogP contribution >= 0.6 is 0 Å². The fourth-order valence-electron chi connectivity index (χ4n) is 2.39. The second-order valence-electron chi connectivity index (χ2n) is 6.00. The molecule has 1 atom stereocenters. The Bertz CT molecular complexity index is 797. The second-order valence-corrected chi connectivity index (χ2v) is 6.00. The zero-order valence-corrected chi connectivity index (χ0v) is 14.5. The van der Waals surface area contributed by atoms with Crippen LogP contribution in [0.3, 0.4) is 0 Å². The lowest BCUT2D eigenvalue weighted by Crippen LogP contribution is -2.25. The summed E-state index contributed by atoms with van der Waals surface area (Å²) >= 11 is 0. The first-order valence-electron chi connectivity index (χ1n) is 8.38. The number of benzene rings is 2.